The van der Waals surface area contributed by atoms with E-state index in [1.807, 2.05) is 50.2 Å². The summed E-state index contributed by atoms with van der Waals surface area (Å²) in [4.78, 5) is 20.0. The normalized spacial score (nSPS) is 7.53. The summed E-state index contributed by atoms with van der Waals surface area (Å²) in [6.45, 7) is 6.19. The zero-order chi connectivity index (χ0) is 13.5. The molecule has 0 heterocycles. The van der Waals surface area contributed by atoms with Crippen molar-refractivity contribution in [3.63, 3.8) is 0 Å². The van der Waals surface area contributed by atoms with Gasteiger partial charge in [0.05, 0.1) is 0 Å². The van der Waals surface area contributed by atoms with Crippen molar-refractivity contribution < 1.29 is 19.1 Å². The first-order valence-corrected chi connectivity index (χ1v) is 5.39. The largest absolute Gasteiger partial charge is 0.428 e. The molecule has 4 nitrogen and oxygen atoms in total. The molecule has 0 amide bonds. The Bertz CT molecular complexity index is 242. The van der Waals surface area contributed by atoms with Gasteiger partial charge in [-0.15, -0.1) is 0 Å². The maximum absolute atomic E-state index is 10.0. The Balaban J connectivity index is 0. The molecule has 0 atom stereocenters. The van der Waals surface area contributed by atoms with Crippen molar-refractivity contribution in [1.29, 1.82) is 0 Å². The van der Waals surface area contributed by atoms with E-state index >= 15 is 0 Å². The highest BCUT2D eigenvalue weighted by Gasteiger charge is 1.93. The minimum atomic E-state index is -0.462. The van der Waals surface area contributed by atoms with Crippen LogP contribution in [0.3, 0.4) is 0 Å². The zero-order valence-corrected chi connectivity index (χ0v) is 10.8. The van der Waals surface area contributed by atoms with Gasteiger partial charge < -0.3 is 9.47 Å². The third-order valence-corrected chi connectivity index (χ3v) is 1.19. The predicted octanol–water partition coefficient (Wildman–Crippen LogP) is 2.78. The molecule has 4 heteroatoms. The van der Waals surface area contributed by atoms with Crippen LogP contribution in [0.4, 0.5) is 0 Å². The van der Waals surface area contributed by atoms with Crippen molar-refractivity contribution in [2.24, 2.45) is 0 Å². The summed E-state index contributed by atoms with van der Waals surface area (Å²) in [6.07, 6.45) is 0. The fraction of sp³-hybridized carbons (Fsp3) is 0.385. The quantitative estimate of drug-likeness (QED) is 0.589. The van der Waals surface area contributed by atoms with E-state index in [1.165, 1.54) is 13.8 Å². The number of rotatable bonds is 2. The Morgan fingerprint density at radius 2 is 1.00 bits per heavy atom. The minimum Gasteiger partial charge on any atom is -0.428 e. The first kappa shape index (κ1) is 17.6. The summed E-state index contributed by atoms with van der Waals surface area (Å²) in [7, 11) is 0. The van der Waals surface area contributed by atoms with Gasteiger partial charge in [0, 0.05) is 13.8 Å². The van der Waals surface area contributed by atoms with Gasteiger partial charge in [-0.2, -0.15) is 0 Å². The molecule has 0 aliphatic rings. The standard InChI is InChI=1S/C6H6.C5H8O4.C2H6/c1-2-4-6-5-3-1;1-4(6)8-3-9-5(2)7;1-2/h1-6H;3H2,1-2H3;1-2H3. The molecule has 96 valence electrons. The summed E-state index contributed by atoms with van der Waals surface area (Å²) in [5.74, 6) is -0.924. The van der Waals surface area contributed by atoms with Gasteiger partial charge in [0.2, 0.25) is 6.79 Å². The first-order valence-electron chi connectivity index (χ1n) is 5.39. The van der Waals surface area contributed by atoms with Gasteiger partial charge in [0.15, 0.2) is 0 Å². The molecule has 1 aromatic carbocycles. The summed E-state index contributed by atoms with van der Waals surface area (Å²) in [6, 6.07) is 12.0. The predicted molar refractivity (Wildman–Crippen MR) is 66.2 cm³/mol. The summed E-state index contributed by atoms with van der Waals surface area (Å²) in [5, 5.41) is 0. The van der Waals surface area contributed by atoms with Gasteiger partial charge >= 0.3 is 11.9 Å². The van der Waals surface area contributed by atoms with Crippen LogP contribution in [0.1, 0.15) is 27.7 Å². The number of benzene rings is 1. The second-order valence-corrected chi connectivity index (χ2v) is 2.54. The molecule has 1 aromatic rings. The molecule has 0 fully saturated rings. The summed E-state index contributed by atoms with van der Waals surface area (Å²) >= 11 is 0. The van der Waals surface area contributed by atoms with Gasteiger partial charge in [0.25, 0.3) is 0 Å². The number of hydrogen-bond acceptors (Lipinski definition) is 4. The molecule has 0 saturated heterocycles. The average Bonchev–Trinajstić information content (AvgIpc) is 2.34. The van der Waals surface area contributed by atoms with E-state index in [2.05, 4.69) is 9.47 Å². The van der Waals surface area contributed by atoms with Crippen LogP contribution >= 0.6 is 0 Å². The number of carbonyl (C=O) groups is 2. The minimum absolute atomic E-state index is 0.287. The Morgan fingerprint density at radius 3 is 1.18 bits per heavy atom. The third kappa shape index (κ3) is 20.3. The van der Waals surface area contributed by atoms with Gasteiger partial charge in [-0.3, -0.25) is 9.59 Å². The highest BCUT2D eigenvalue weighted by atomic mass is 16.7. The smallest absolute Gasteiger partial charge is 0.305 e. The lowest BCUT2D eigenvalue weighted by molar-refractivity contribution is -0.163. The average molecular weight is 240 g/mol. The van der Waals surface area contributed by atoms with Crippen LogP contribution in [-0.2, 0) is 19.1 Å². The molecule has 0 saturated carbocycles. The number of carbonyl (C=O) groups excluding carboxylic acids is 2. The van der Waals surface area contributed by atoms with Crippen LogP contribution in [0.15, 0.2) is 36.4 Å². The van der Waals surface area contributed by atoms with E-state index in [-0.39, 0.29) is 6.79 Å². The highest BCUT2D eigenvalue weighted by molar-refractivity contribution is 5.67. The van der Waals surface area contributed by atoms with Crippen LogP contribution in [0.2, 0.25) is 0 Å². The maximum Gasteiger partial charge on any atom is 0.305 e. The molecular formula is C13H20O4. The van der Waals surface area contributed by atoms with Crippen molar-refractivity contribution in [2.45, 2.75) is 27.7 Å². The monoisotopic (exact) mass is 240 g/mol. The lowest BCUT2D eigenvalue weighted by atomic mass is 10.4. The van der Waals surface area contributed by atoms with Gasteiger partial charge in [-0.25, -0.2) is 0 Å². The van der Waals surface area contributed by atoms with Crippen molar-refractivity contribution in [3.8, 4) is 0 Å². The fourth-order valence-corrected chi connectivity index (χ4v) is 0.580. The molecule has 0 aliphatic heterocycles. The molecule has 17 heavy (non-hydrogen) atoms. The SMILES string of the molecule is CC.CC(=O)OCOC(C)=O.c1ccccc1. The van der Waals surface area contributed by atoms with E-state index in [0.717, 1.165) is 0 Å². The molecule has 0 spiro atoms. The lowest BCUT2D eigenvalue weighted by Crippen LogP contribution is -2.07. The van der Waals surface area contributed by atoms with Crippen molar-refractivity contribution in [1.82, 2.24) is 0 Å². The second kappa shape index (κ2) is 14.2. The van der Waals surface area contributed by atoms with E-state index in [0.29, 0.717) is 0 Å². The Morgan fingerprint density at radius 1 is 0.765 bits per heavy atom. The number of hydrogen-bond donors (Lipinski definition) is 0. The van der Waals surface area contributed by atoms with Crippen LogP contribution in [0.5, 0.6) is 0 Å². The summed E-state index contributed by atoms with van der Waals surface area (Å²) < 4.78 is 8.54. The van der Waals surface area contributed by atoms with Crippen molar-refractivity contribution in [3.05, 3.63) is 36.4 Å². The Labute approximate surface area is 103 Å². The van der Waals surface area contributed by atoms with Crippen LogP contribution in [0, 0.1) is 0 Å². The zero-order valence-electron chi connectivity index (χ0n) is 10.8. The van der Waals surface area contributed by atoms with E-state index in [4.69, 9.17) is 0 Å². The topological polar surface area (TPSA) is 52.6 Å². The van der Waals surface area contributed by atoms with E-state index < -0.39 is 11.9 Å². The number of ether oxygens (including phenoxy) is 2. The van der Waals surface area contributed by atoms with Gasteiger partial charge in [-0.05, 0) is 0 Å². The molecule has 0 radical (unpaired) electrons. The third-order valence-electron chi connectivity index (χ3n) is 1.19. The molecule has 0 unspecified atom stereocenters. The summed E-state index contributed by atoms with van der Waals surface area (Å²) in [5.41, 5.74) is 0. The van der Waals surface area contributed by atoms with Gasteiger partial charge in [-0.1, -0.05) is 50.2 Å². The van der Waals surface area contributed by atoms with Crippen molar-refractivity contribution in [2.75, 3.05) is 6.79 Å². The van der Waals surface area contributed by atoms with Crippen LogP contribution < -0.4 is 0 Å². The maximum atomic E-state index is 10.0. The fourth-order valence-electron chi connectivity index (χ4n) is 0.580. The molecule has 1 rings (SSSR count). The molecular weight excluding hydrogens is 220 g/mol. The molecule has 0 aliphatic carbocycles. The first-order chi connectivity index (χ1) is 8.13. The van der Waals surface area contributed by atoms with E-state index in [9.17, 15) is 9.59 Å². The number of esters is 2. The lowest BCUT2D eigenvalue weighted by Gasteiger charge is -1.99. The molecule has 0 N–H and O–H groups in total. The van der Waals surface area contributed by atoms with Crippen molar-refractivity contribution >= 4 is 11.9 Å². The van der Waals surface area contributed by atoms with Crippen LogP contribution in [-0.4, -0.2) is 18.7 Å². The van der Waals surface area contributed by atoms with Gasteiger partial charge in [0.1, 0.15) is 0 Å². The van der Waals surface area contributed by atoms with E-state index in [1.54, 1.807) is 0 Å². The molecule has 0 bridgehead atoms. The Hall–Kier alpha value is -1.84. The second-order valence-electron chi connectivity index (χ2n) is 2.54. The van der Waals surface area contributed by atoms with Crippen LogP contribution in [0.25, 0.3) is 0 Å². The molecule has 0 aromatic heterocycles. The highest BCUT2D eigenvalue weighted by Crippen LogP contribution is 1.80. The Kier molecular flexibility index (Phi) is 14.6.